The Labute approximate surface area is 119 Å². The molecule has 0 aliphatic heterocycles. The molecule has 0 fully saturated rings. The Morgan fingerprint density at radius 3 is 2.50 bits per heavy atom. The molecule has 0 aliphatic rings. The van der Waals surface area contributed by atoms with Crippen LogP contribution in [0.3, 0.4) is 0 Å². The molecule has 0 spiro atoms. The molecule has 20 heavy (non-hydrogen) atoms. The number of likely N-dealkylation sites (N-methyl/N-ethyl adjacent to an activating group) is 1. The largest absolute Gasteiger partial charge is 0.491 e. The van der Waals surface area contributed by atoms with Gasteiger partial charge in [0.2, 0.25) is 0 Å². The van der Waals surface area contributed by atoms with Gasteiger partial charge in [0, 0.05) is 5.56 Å². The third-order valence-electron chi connectivity index (χ3n) is 3.39. The van der Waals surface area contributed by atoms with Gasteiger partial charge in [0.1, 0.15) is 18.2 Å². The predicted molar refractivity (Wildman–Crippen MR) is 79.5 cm³/mol. The van der Waals surface area contributed by atoms with Crippen LogP contribution in [-0.2, 0) is 6.42 Å². The van der Waals surface area contributed by atoms with Gasteiger partial charge in [-0.3, -0.25) is 0 Å². The Bertz CT molecular complexity index is 556. The summed E-state index contributed by atoms with van der Waals surface area (Å²) in [6, 6.07) is 14.6. The summed E-state index contributed by atoms with van der Waals surface area (Å²) in [7, 11) is 1.81. The minimum absolute atomic E-state index is 0.166. The number of nitrogens with one attached hydrogen (secondary N) is 1. The van der Waals surface area contributed by atoms with Crippen molar-refractivity contribution in [1.82, 2.24) is 5.32 Å². The standard InChI is InChI=1S/C17H20FNO/c1-3-13-8-4-7-11-17(13)20-12-16(19-2)14-9-5-6-10-15(14)18/h4-11,16,19H,3,12H2,1-2H3. The summed E-state index contributed by atoms with van der Waals surface area (Å²) in [5, 5.41) is 3.10. The van der Waals surface area contributed by atoms with Crippen LogP contribution < -0.4 is 10.1 Å². The maximum Gasteiger partial charge on any atom is 0.128 e. The van der Waals surface area contributed by atoms with E-state index in [2.05, 4.69) is 12.2 Å². The number of rotatable bonds is 6. The fraction of sp³-hybridized carbons (Fsp3) is 0.294. The number of hydrogen-bond acceptors (Lipinski definition) is 2. The van der Waals surface area contributed by atoms with Crippen LogP contribution >= 0.6 is 0 Å². The minimum Gasteiger partial charge on any atom is -0.491 e. The Morgan fingerprint density at radius 2 is 1.80 bits per heavy atom. The lowest BCUT2D eigenvalue weighted by atomic mass is 10.1. The predicted octanol–water partition coefficient (Wildman–Crippen LogP) is 3.73. The van der Waals surface area contributed by atoms with Gasteiger partial charge in [-0.1, -0.05) is 43.3 Å². The highest BCUT2D eigenvalue weighted by atomic mass is 19.1. The smallest absolute Gasteiger partial charge is 0.128 e. The van der Waals surface area contributed by atoms with E-state index in [0.29, 0.717) is 12.2 Å². The van der Waals surface area contributed by atoms with Crippen LogP contribution in [0.5, 0.6) is 5.75 Å². The van der Waals surface area contributed by atoms with Crippen molar-refractivity contribution in [3.05, 3.63) is 65.5 Å². The van der Waals surface area contributed by atoms with Crippen LogP contribution in [0.15, 0.2) is 48.5 Å². The average Bonchev–Trinajstić information content (AvgIpc) is 2.50. The molecule has 0 saturated heterocycles. The third kappa shape index (κ3) is 3.36. The Balaban J connectivity index is 2.10. The molecule has 0 aromatic heterocycles. The van der Waals surface area contributed by atoms with Crippen LogP contribution in [0.1, 0.15) is 24.1 Å². The molecule has 2 rings (SSSR count). The van der Waals surface area contributed by atoms with Gasteiger partial charge in [-0.05, 0) is 31.2 Å². The number of para-hydroxylation sites is 1. The zero-order valence-electron chi connectivity index (χ0n) is 11.9. The van der Waals surface area contributed by atoms with E-state index in [0.717, 1.165) is 17.7 Å². The molecule has 0 amide bonds. The van der Waals surface area contributed by atoms with E-state index in [1.165, 1.54) is 6.07 Å². The summed E-state index contributed by atoms with van der Waals surface area (Å²) >= 11 is 0. The zero-order valence-corrected chi connectivity index (χ0v) is 11.9. The molecular formula is C17H20FNO. The van der Waals surface area contributed by atoms with E-state index >= 15 is 0 Å². The van der Waals surface area contributed by atoms with Crippen molar-refractivity contribution < 1.29 is 9.13 Å². The van der Waals surface area contributed by atoms with Gasteiger partial charge < -0.3 is 10.1 Å². The fourth-order valence-electron chi connectivity index (χ4n) is 2.20. The summed E-state index contributed by atoms with van der Waals surface area (Å²) in [5.74, 6) is 0.658. The van der Waals surface area contributed by atoms with E-state index in [1.54, 1.807) is 12.1 Å². The van der Waals surface area contributed by atoms with Crippen molar-refractivity contribution in [3.63, 3.8) is 0 Å². The molecule has 0 radical (unpaired) electrons. The fourth-order valence-corrected chi connectivity index (χ4v) is 2.20. The van der Waals surface area contributed by atoms with Gasteiger partial charge in [-0.15, -0.1) is 0 Å². The molecular weight excluding hydrogens is 253 g/mol. The molecule has 0 bridgehead atoms. The number of benzene rings is 2. The number of hydrogen-bond donors (Lipinski definition) is 1. The summed E-state index contributed by atoms with van der Waals surface area (Å²) in [6.45, 7) is 2.49. The van der Waals surface area contributed by atoms with Crippen LogP contribution in [0.2, 0.25) is 0 Å². The quantitative estimate of drug-likeness (QED) is 0.866. The lowest BCUT2D eigenvalue weighted by molar-refractivity contribution is 0.267. The molecule has 2 nitrogen and oxygen atoms in total. The van der Waals surface area contributed by atoms with Gasteiger partial charge in [0.25, 0.3) is 0 Å². The Hall–Kier alpha value is -1.87. The van der Waals surface area contributed by atoms with E-state index in [9.17, 15) is 4.39 Å². The highest BCUT2D eigenvalue weighted by Crippen LogP contribution is 2.22. The van der Waals surface area contributed by atoms with Gasteiger partial charge in [-0.2, -0.15) is 0 Å². The lowest BCUT2D eigenvalue weighted by Gasteiger charge is -2.19. The van der Waals surface area contributed by atoms with E-state index in [-0.39, 0.29) is 11.9 Å². The third-order valence-corrected chi connectivity index (χ3v) is 3.39. The van der Waals surface area contributed by atoms with Gasteiger partial charge in [0.05, 0.1) is 6.04 Å². The van der Waals surface area contributed by atoms with Crippen molar-refractivity contribution in [2.45, 2.75) is 19.4 Å². The number of ether oxygens (including phenoxy) is 1. The van der Waals surface area contributed by atoms with Crippen molar-refractivity contribution in [3.8, 4) is 5.75 Å². The SMILES string of the molecule is CCc1ccccc1OCC(NC)c1ccccc1F. The number of aryl methyl sites for hydroxylation is 1. The van der Waals surface area contributed by atoms with Crippen LogP contribution in [0.4, 0.5) is 4.39 Å². The number of halogens is 1. The van der Waals surface area contributed by atoms with E-state index in [4.69, 9.17) is 4.74 Å². The normalized spacial score (nSPS) is 12.2. The molecule has 0 heterocycles. The van der Waals surface area contributed by atoms with E-state index < -0.39 is 0 Å². The van der Waals surface area contributed by atoms with Gasteiger partial charge in [-0.25, -0.2) is 4.39 Å². The van der Waals surface area contributed by atoms with E-state index in [1.807, 2.05) is 37.4 Å². The topological polar surface area (TPSA) is 21.3 Å². The maximum absolute atomic E-state index is 13.8. The minimum atomic E-state index is -0.209. The van der Waals surface area contributed by atoms with Crippen molar-refractivity contribution in [2.75, 3.05) is 13.7 Å². The molecule has 3 heteroatoms. The lowest BCUT2D eigenvalue weighted by Crippen LogP contribution is -2.24. The molecule has 1 atom stereocenters. The molecule has 0 saturated carbocycles. The summed E-state index contributed by atoms with van der Waals surface area (Å²) in [4.78, 5) is 0. The molecule has 1 unspecified atom stereocenters. The van der Waals surface area contributed by atoms with Gasteiger partial charge >= 0.3 is 0 Å². The maximum atomic E-state index is 13.8. The zero-order chi connectivity index (χ0) is 14.4. The van der Waals surface area contributed by atoms with Crippen LogP contribution in [0.25, 0.3) is 0 Å². The van der Waals surface area contributed by atoms with Crippen molar-refractivity contribution in [1.29, 1.82) is 0 Å². The molecule has 106 valence electrons. The second kappa shape index (κ2) is 7.06. The highest BCUT2D eigenvalue weighted by molar-refractivity contribution is 5.33. The molecule has 2 aromatic carbocycles. The first-order chi connectivity index (χ1) is 9.76. The first-order valence-electron chi connectivity index (χ1n) is 6.88. The van der Waals surface area contributed by atoms with Crippen LogP contribution in [0, 0.1) is 5.82 Å². The Kier molecular flexibility index (Phi) is 5.13. The average molecular weight is 273 g/mol. The summed E-state index contributed by atoms with van der Waals surface area (Å²) in [6.07, 6.45) is 0.917. The second-order valence-electron chi connectivity index (χ2n) is 4.64. The second-order valence-corrected chi connectivity index (χ2v) is 4.64. The summed E-state index contributed by atoms with van der Waals surface area (Å²) in [5.41, 5.74) is 1.79. The molecule has 0 aliphatic carbocycles. The first-order valence-corrected chi connectivity index (χ1v) is 6.88. The highest BCUT2D eigenvalue weighted by Gasteiger charge is 2.14. The monoisotopic (exact) mass is 273 g/mol. The van der Waals surface area contributed by atoms with Gasteiger partial charge in [0.15, 0.2) is 0 Å². The molecule has 1 N–H and O–H groups in total. The molecule has 2 aromatic rings. The Morgan fingerprint density at radius 1 is 1.10 bits per heavy atom. The van der Waals surface area contributed by atoms with Crippen molar-refractivity contribution >= 4 is 0 Å². The van der Waals surface area contributed by atoms with Crippen molar-refractivity contribution in [2.24, 2.45) is 0 Å². The van der Waals surface area contributed by atoms with Crippen LogP contribution in [-0.4, -0.2) is 13.7 Å². The first kappa shape index (κ1) is 14.5. The summed E-state index contributed by atoms with van der Waals surface area (Å²) < 4.78 is 19.7.